The highest BCUT2D eigenvalue weighted by molar-refractivity contribution is 6.31. The van der Waals surface area contributed by atoms with Gasteiger partial charge in [-0.05, 0) is 42.3 Å². The average Bonchev–Trinajstić information content (AvgIpc) is 3.06. The molecule has 1 amide bonds. The van der Waals surface area contributed by atoms with Crippen molar-refractivity contribution in [3.05, 3.63) is 68.5 Å². The predicted molar refractivity (Wildman–Crippen MR) is 116 cm³/mol. The number of fused-ring (bicyclic) bond motifs is 2. The summed E-state index contributed by atoms with van der Waals surface area (Å²) < 4.78 is 21.8. The van der Waals surface area contributed by atoms with Crippen LogP contribution in [0.4, 0.5) is 0 Å². The van der Waals surface area contributed by atoms with Gasteiger partial charge in [0.05, 0.1) is 31.2 Å². The summed E-state index contributed by atoms with van der Waals surface area (Å²) in [7, 11) is 4.69. The van der Waals surface area contributed by atoms with Crippen molar-refractivity contribution in [1.29, 1.82) is 0 Å². The summed E-state index contributed by atoms with van der Waals surface area (Å²) >= 11 is 6.11. The molecule has 8 heteroatoms. The standard InChI is InChI=1S/C23H22ClNO6/c1-28-10-4-9-25-20(13-5-7-17(29-2)18(11-13)30-3)19-21(26)15-12-14(24)6-8-16(15)31-22(19)23(25)27/h5-8,11-12,20H,4,9-10H2,1-3H3. The third kappa shape index (κ3) is 3.64. The summed E-state index contributed by atoms with van der Waals surface area (Å²) in [6.07, 6.45) is 0.611. The lowest BCUT2D eigenvalue weighted by Crippen LogP contribution is -2.31. The van der Waals surface area contributed by atoms with Crippen molar-refractivity contribution in [1.82, 2.24) is 4.90 Å². The number of carbonyl (C=O) groups excluding carboxylic acids is 1. The Balaban J connectivity index is 1.93. The first kappa shape index (κ1) is 21.2. The number of rotatable bonds is 7. The van der Waals surface area contributed by atoms with Gasteiger partial charge >= 0.3 is 0 Å². The molecule has 0 saturated heterocycles. The Bertz CT molecular complexity index is 1200. The van der Waals surface area contributed by atoms with E-state index in [9.17, 15) is 9.59 Å². The maximum absolute atomic E-state index is 13.5. The summed E-state index contributed by atoms with van der Waals surface area (Å²) in [4.78, 5) is 28.4. The van der Waals surface area contributed by atoms with Gasteiger partial charge in [0.2, 0.25) is 5.76 Å². The summed E-state index contributed by atoms with van der Waals surface area (Å²) in [6, 6.07) is 9.51. The van der Waals surface area contributed by atoms with Crippen LogP contribution in [0.3, 0.4) is 0 Å². The molecule has 0 aliphatic carbocycles. The Morgan fingerprint density at radius 1 is 1.03 bits per heavy atom. The Labute approximate surface area is 184 Å². The van der Waals surface area contributed by atoms with Crippen molar-refractivity contribution in [2.24, 2.45) is 0 Å². The molecule has 0 fully saturated rings. The molecule has 7 nitrogen and oxygen atoms in total. The lowest BCUT2D eigenvalue weighted by atomic mass is 9.98. The minimum absolute atomic E-state index is 0.0528. The van der Waals surface area contributed by atoms with Crippen LogP contribution in [0.5, 0.6) is 11.5 Å². The Hall–Kier alpha value is -3.03. The zero-order chi connectivity index (χ0) is 22.1. The zero-order valence-electron chi connectivity index (χ0n) is 17.4. The number of amides is 1. The normalized spacial score (nSPS) is 15.4. The molecular formula is C23H22ClNO6. The molecule has 1 unspecified atom stereocenters. The van der Waals surface area contributed by atoms with Crippen molar-refractivity contribution in [3.63, 3.8) is 0 Å². The molecule has 0 N–H and O–H groups in total. The van der Waals surface area contributed by atoms with E-state index in [0.29, 0.717) is 52.6 Å². The Kier molecular flexibility index (Phi) is 5.89. The van der Waals surface area contributed by atoms with E-state index in [1.54, 1.807) is 49.5 Å². The average molecular weight is 444 g/mol. The first-order valence-corrected chi connectivity index (χ1v) is 10.2. The second-order valence-electron chi connectivity index (χ2n) is 7.18. The minimum Gasteiger partial charge on any atom is -0.493 e. The molecule has 0 radical (unpaired) electrons. The molecule has 1 aliphatic rings. The van der Waals surface area contributed by atoms with E-state index in [-0.39, 0.29) is 17.1 Å². The molecule has 2 heterocycles. The lowest BCUT2D eigenvalue weighted by molar-refractivity contribution is 0.0707. The van der Waals surface area contributed by atoms with Crippen LogP contribution in [0.2, 0.25) is 5.02 Å². The van der Waals surface area contributed by atoms with E-state index >= 15 is 0 Å². The van der Waals surface area contributed by atoms with Crippen molar-refractivity contribution in [3.8, 4) is 11.5 Å². The molecule has 0 saturated carbocycles. The van der Waals surface area contributed by atoms with Gasteiger partial charge in [0.15, 0.2) is 16.9 Å². The zero-order valence-corrected chi connectivity index (χ0v) is 18.2. The van der Waals surface area contributed by atoms with Crippen LogP contribution < -0.4 is 14.9 Å². The molecule has 0 spiro atoms. The van der Waals surface area contributed by atoms with E-state index in [1.165, 1.54) is 7.11 Å². The second kappa shape index (κ2) is 8.61. The van der Waals surface area contributed by atoms with Gasteiger partial charge in [-0.3, -0.25) is 9.59 Å². The minimum atomic E-state index is -0.626. The smallest absolute Gasteiger partial charge is 0.290 e. The predicted octanol–water partition coefficient (Wildman–Crippen LogP) is 4.05. The molecule has 1 aromatic heterocycles. The number of hydrogen-bond acceptors (Lipinski definition) is 6. The van der Waals surface area contributed by atoms with E-state index in [0.717, 1.165) is 5.56 Å². The fraction of sp³-hybridized carbons (Fsp3) is 0.304. The fourth-order valence-electron chi connectivity index (χ4n) is 3.97. The highest BCUT2D eigenvalue weighted by atomic mass is 35.5. The largest absolute Gasteiger partial charge is 0.493 e. The van der Waals surface area contributed by atoms with Crippen LogP contribution in [-0.2, 0) is 4.74 Å². The number of nitrogens with zero attached hydrogens (tertiary/aromatic N) is 1. The molecule has 4 rings (SSSR count). The fourth-order valence-corrected chi connectivity index (χ4v) is 4.14. The third-order valence-corrected chi connectivity index (χ3v) is 5.63. The third-order valence-electron chi connectivity index (χ3n) is 5.40. The van der Waals surface area contributed by atoms with Crippen molar-refractivity contribution >= 4 is 28.5 Å². The van der Waals surface area contributed by atoms with Gasteiger partial charge < -0.3 is 23.5 Å². The topological polar surface area (TPSA) is 78.2 Å². The van der Waals surface area contributed by atoms with Gasteiger partial charge in [-0.1, -0.05) is 17.7 Å². The summed E-state index contributed by atoms with van der Waals surface area (Å²) in [5.41, 5.74) is 1.06. The number of hydrogen-bond donors (Lipinski definition) is 0. The summed E-state index contributed by atoms with van der Waals surface area (Å²) in [5.74, 6) is 0.780. The first-order valence-electron chi connectivity index (χ1n) is 9.78. The van der Waals surface area contributed by atoms with Crippen LogP contribution in [0.25, 0.3) is 11.0 Å². The number of halogens is 1. The monoisotopic (exact) mass is 443 g/mol. The highest BCUT2D eigenvalue weighted by Gasteiger charge is 2.42. The van der Waals surface area contributed by atoms with Crippen molar-refractivity contribution in [2.75, 3.05) is 34.5 Å². The van der Waals surface area contributed by atoms with Gasteiger partial charge in [0.25, 0.3) is 5.91 Å². The van der Waals surface area contributed by atoms with Gasteiger partial charge in [-0.2, -0.15) is 0 Å². The quantitative estimate of drug-likeness (QED) is 0.513. The van der Waals surface area contributed by atoms with E-state index in [4.69, 9.17) is 30.2 Å². The van der Waals surface area contributed by atoms with Gasteiger partial charge in [0.1, 0.15) is 5.58 Å². The van der Waals surface area contributed by atoms with Gasteiger partial charge in [-0.15, -0.1) is 0 Å². The van der Waals surface area contributed by atoms with Gasteiger partial charge in [0, 0.05) is 25.3 Å². The molecule has 162 valence electrons. The number of methoxy groups -OCH3 is 3. The van der Waals surface area contributed by atoms with Gasteiger partial charge in [-0.25, -0.2) is 0 Å². The van der Waals surface area contributed by atoms with Crippen LogP contribution in [-0.4, -0.2) is 45.3 Å². The first-order chi connectivity index (χ1) is 15.0. The Morgan fingerprint density at radius 3 is 2.52 bits per heavy atom. The maximum atomic E-state index is 13.5. The van der Waals surface area contributed by atoms with Crippen LogP contribution in [0.1, 0.15) is 34.1 Å². The number of carbonyl (C=O) groups is 1. The molecule has 2 aromatic carbocycles. The SMILES string of the molecule is COCCCN1C(=O)c2oc3ccc(Cl)cc3c(=O)c2C1c1ccc(OC)c(OC)c1. The molecule has 1 atom stereocenters. The van der Waals surface area contributed by atoms with Crippen LogP contribution >= 0.6 is 11.6 Å². The lowest BCUT2D eigenvalue weighted by Gasteiger charge is -2.25. The summed E-state index contributed by atoms with van der Waals surface area (Å²) in [6.45, 7) is 0.879. The molecule has 31 heavy (non-hydrogen) atoms. The Morgan fingerprint density at radius 2 is 1.81 bits per heavy atom. The van der Waals surface area contributed by atoms with Crippen LogP contribution in [0.15, 0.2) is 45.6 Å². The molecular weight excluding hydrogens is 422 g/mol. The van der Waals surface area contributed by atoms with Crippen LogP contribution in [0, 0.1) is 0 Å². The molecule has 3 aromatic rings. The highest BCUT2D eigenvalue weighted by Crippen LogP contribution is 2.41. The molecule has 1 aliphatic heterocycles. The van der Waals surface area contributed by atoms with E-state index < -0.39 is 6.04 Å². The van der Waals surface area contributed by atoms with Crippen molar-refractivity contribution in [2.45, 2.75) is 12.5 Å². The second-order valence-corrected chi connectivity index (χ2v) is 7.61. The summed E-state index contributed by atoms with van der Waals surface area (Å²) in [5, 5.41) is 0.756. The number of ether oxygens (including phenoxy) is 3. The molecule has 0 bridgehead atoms. The van der Waals surface area contributed by atoms with Crippen molar-refractivity contribution < 1.29 is 23.4 Å². The van der Waals surface area contributed by atoms with E-state index in [1.807, 2.05) is 6.07 Å². The van der Waals surface area contributed by atoms with E-state index in [2.05, 4.69) is 0 Å². The number of benzene rings is 2. The maximum Gasteiger partial charge on any atom is 0.290 e.